The van der Waals surface area contributed by atoms with Crippen LogP contribution in [0.3, 0.4) is 0 Å². The summed E-state index contributed by atoms with van der Waals surface area (Å²) in [5, 5.41) is 2.00. The molecular weight excluding hydrogens is 166 g/mol. The zero-order valence-corrected chi connectivity index (χ0v) is 7.64. The van der Waals surface area contributed by atoms with Crippen molar-refractivity contribution in [3.05, 3.63) is 41.3 Å². The summed E-state index contributed by atoms with van der Waals surface area (Å²) in [6.07, 6.45) is 0. The van der Waals surface area contributed by atoms with Crippen molar-refractivity contribution in [1.82, 2.24) is 4.37 Å². The van der Waals surface area contributed by atoms with Crippen molar-refractivity contribution in [2.75, 3.05) is 0 Å². The van der Waals surface area contributed by atoms with E-state index in [0.717, 1.165) is 5.69 Å². The van der Waals surface area contributed by atoms with E-state index in [0.29, 0.717) is 0 Å². The summed E-state index contributed by atoms with van der Waals surface area (Å²) < 4.78 is 4.26. The van der Waals surface area contributed by atoms with E-state index >= 15 is 0 Å². The summed E-state index contributed by atoms with van der Waals surface area (Å²) in [5.41, 5.74) is 3.55. The van der Waals surface area contributed by atoms with Gasteiger partial charge in [0.1, 0.15) is 0 Å². The zero-order chi connectivity index (χ0) is 8.39. The molecule has 0 fully saturated rings. The van der Waals surface area contributed by atoms with Gasteiger partial charge in [-0.2, -0.15) is 4.37 Å². The Kier molecular flexibility index (Phi) is 1.92. The molecule has 0 unspecified atom stereocenters. The molecule has 0 aliphatic carbocycles. The lowest BCUT2D eigenvalue weighted by Crippen LogP contribution is -1.76. The second kappa shape index (κ2) is 3.07. The zero-order valence-electron chi connectivity index (χ0n) is 6.82. The van der Waals surface area contributed by atoms with Crippen molar-refractivity contribution in [1.29, 1.82) is 0 Å². The quantitative estimate of drug-likeness (QED) is 0.649. The van der Waals surface area contributed by atoms with Crippen LogP contribution >= 0.6 is 11.5 Å². The fraction of sp³-hybridized carbons (Fsp3) is 0.100. The molecular formula is C10H9NS. The van der Waals surface area contributed by atoms with Crippen molar-refractivity contribution in [3.8, 4) is 11.3 Å². The van der Waals surface area contributed by atoms with Gasteiger partial charge in [-0.15, -0.1) is 0 Å². The van der Waals surface area contributed by atoms with Gasteiger partial charge in [-0.05, 0) is 24.5 Å². The number of aryl methyl sites for hydroxylation is 1. The molecule has 60 valence electrons. The van der Waals surface area contributed by atoms with Crippen molar-refractivity contribution in [3.63, 3.8) is 0 Å². The highest BCUT2D eigenvalue weighted by molar-refractivity contribution is 7.03. The molecule has 0 amide bonds. The van der Waals surface area contributed by atoms with Crippen molar-refractivity contribution in [2.24, 2.45) is 0 Å². The number of hydrogen-bond donors (Lipinski definition) is 0. The summed E-state index contributed by atoms with van der Waals surface area (Å²) in [6.45, 7) is 2.09. The lowest BCUT2D eigenvalue weighted by molar-refractivity contribution is 1.45. The molecule has 1 aromatic heterocycles. The van der Waals surface area contributed by atoms with Crippen molar-refractivity contribution < 1.29 is 0 Å². The molecule has 0 aliphatic rings. The minimum atomic E-state index is 1.07. The predicted molar refractivity (Wildman–Crippen MR) is 52.3 cm³/mol. The summed E-state index contributed by atoms with van der Waals surface area (Å²) in [5.74, 6) is 0. The topological polar surface area (TPSA) is 12.9 Å². The molecule has 0 N–H and O–H groups in total. The molecule has 1 aromatic carbocycles. The Hall–Kier alpha value is -1.15. The Balaban J connectivity index is 2.43. The first-order valence-electron chi connectivity index (χ1n) is 3.84. The maximum atomic E-state index is 4.26. The maximum absolute atomic E-state index is 4.26. The third-order valence-corrected chi connectivity index (χ3v) is 2.35. The van der Waals surface area contributed by atoms with Gasteiger partial charge in [0.15, 0.2) is 0 Å². The van der Waals surface area contributed by atoms with E-state index in [4.69, 9.17) is 0 Å². The fourth-order valence-corrected chi connectivity index (χ4v) is 1.62. The highest BCUT2D eigenvalue weighted by atomic mass is 32.1. The molecule has 0 saturated carbocycles. The molecule has 0 saturated heterocycles. The lowest BCUT2D eigenvalue weighted by atomic mass is 10.1. The van der Waals surface area contributed by atoms with E-state index in [2.05, 4.69) is 35.6 Å². The molecule has 0 radical (unpaired) electrons. The van der Waals surface area contributed by atoms with Crippen LogP contribution in [-0.2, 0) is 0 Å². The molecule has 2 heteroatoms. The number of aromatic nitrogens is 1. The minimum Gasteiger partial charge on any atom is -0.193 e. The number of rotatable bonds is 1. The Morgan fingerprint density at radius 1 is 1.08 bits per heavy atom. The normalized spacial score (nSPS) is 10.1. The monoisotopic (exact) mass is 175 g/mol. The minimum absolute atomic E-state index is 1.07. The molecule has 0 aliphatic heterocycles. The van der Waals surface area contributed by atoms with Gasteiger partial charge in [-0.25, -0.2) is 0 Å². The second-order valence-corrected chi connectivity index (χ2v) is 3.42. The van der Waals surface area contributed by atoms with Gasteiger partial charge >= 0.3 is 0 Å². The number of nitrogens with zero attached hydrogens (tertiary/aromatic N) is 1. The van der Waals surface area contributed by atoms with Crippen LogP contribution in [0, 0.1) is 6.92 Å². The standard InChI is InChI=1S/C10H9NS/c1-8-2-4-9(5-3-8)10-6-7-12-11-10/h2-7H,1H3. The van der Waals surface area contributed by atoms with Gasteiger partial charge < -0.3 is 0 Å². The highest BCUT2D eigenvalue weighted by Gasteiger charge is 1.97. The summed E-state index contributed by atoms with van der Waals surface area (Å²) in [7, 11) is 0. The molecule has 1 nitrogen and oxygen atoms in total. The SMILES string of the molecule is Cc1ccc(-c2ccsn2)cc1. The predicted octanol–water partition coefficient (Wildman–Crippen LogP) is 3.12. The molecule has 0 atom stereocenters. The Morgan fingerprint density at radius 3 is 2.42 bits per heavy atom. The molecule has 2 aromatic rings. The first-order chi connectivity index (χ1) is 5.86. The van der Waals surface area contributed by atoms with Crippen LogP contribution in [0.1, 0.15) is 5.56 Å². The van der Waals surface area contributed by atoms with Crippen LogP contribution in [0.4, 0.5) is 0 Å². The van der Waals surface area contributed by atoms with E-state index in [9.17, 15) is 0 Å². The summed E-state index contributed by atoms with van der Waals surface area (Å²) in [4.78, 5) is 0. The van der Waals surface area contributed by atoms with Gasteiger partial charge in [0.05, 0.1) is 5.69 Å². The van der Waals surface area contributed by atoms with Gasteiger partial charge in [-0.3, -0.25) is 0 Å². The number of benzene rings is 1. The van der Waals surface area contributed by atoms with Gasteiger partial charge in [0, 0.05) is 10.9 Å². The van der Waals surface area contributed by atoms with Crippen molar-refractivity contribution in [2.45, 2.75) is 6.92 Å². The van der Waals surface area contributed by atoms with E-state index in [-0.39, 0.29) is 0 Å². The summed E-state index contributed by atoms with van der Waals surface area (Å²) in [6, 6.07) is 10.5. The second-order valence-electron chi connectivity index (χ2n) is 2.75. The third kappa shape index (κ3) is 1.38. The van der Waals surface area contributed by atoms with E-state index in [1.807, 2.05) is 11.4 Å². The molecule has 12 heavy (non-hydrogen) atoms. The van der Waals surface area contributed by atoms with E-state index in [1.165, 1.54) is 22.7 Å². The van der Waals surface area contributed by atoms with Gasteiger partial charge in [-0.1, -0.05) is 29.8 Å². The average Bonchev–Trinajstić information content (AvgIpc) is 2.58. The van der Waals surface area contributed by atoms with Crippen LogP contribution in [0.2, 0.25) is 0 Å². The third-order valence-electron chi connectivity index (χ3n) is 1.79. The van der Waals surface area contributed by atoms with E-state index < -0.39 is 0 Å². The van der Waals surface area contributed by atoms with Crippen LogP contribution in [-0.4, -0.2) is 4.37 Å². The van der Waals surface area contributed by atoms with Crippen LogP contribution < -0.4 is 0 Å². The molecule has 2 rings (SSSR count). The van der Waals surface area contributed by atoms with Crippen LogP contribution in [0.5, 0.6) is 0 Å². The fourth-order valence-electron chi connectivity index (χ4n) is 1.09. The molecule has 0 spiro atoms. The Labute approximate surface area is 75.9 Å². The van der Waals surface area contributed by atoms with Crippen LogP contribution in [0.15, 0.2) is 35.7 Å². The Morgan fingerprint density at radius 2 is 1.83 bits per heavy atom. The smallest absolute Gasteiger partial charge is 0.0840 e. The van der Waals surface area contributed by atoms with Crippen molar-refractivity contribution >= 4 is 11.5 Å². The van der Waals surface area contributed by atoms with Crippen LogP contribution in [0.25, 0.3) is 11.3 Å². The summed E-state index contributed by atoms with van der Waals surface area (Å²) >= 11 is 1.49. The largest absolute Gasteiger partial charge is 0.193 e. The van der Waals surface area contributed by atoms with E-state index in [1.54, 1.807) is 0 Å². The number of hydrogen-bond acceptors (Lipinski definition) is 2. The molecule has 0 bridgehead atoms. The maximum Gasteiger partial charge on any atom is 0.0840 e. The highest BCUT2D eigenvalue weighted by Crippen LogP contribution is 2.18. The average molecular weight is 175 g/mol. The first kappa shape index (κ1) is 7.50. The van der Waals surface area contributed by atoms with Gasteiger partial charge in [0.25, 0.3) is 0 Å². The lowest BCUT2D eigenvalue weighted by Gasteiger charge is -1.95. The molecule has 1 heterocycles. The Bertz CT molecular complexity index is 348. The first-order valence-corrected chi connectivity index (χ1v) is 4.67. The van der Waals surface area contributed by atoms with Gasteiger partial charge in [0.2, 0.25) is 0 Å².